The second kappa shape index (κ2) is 6.48. The smallest absolute Gasteiger partial charge is 0.272 e. The Kier molecular flexibility index (Phi) is 4.25. The van der Waals surface area contributed by atoms with Crippen molar-refractivity contribution in [1.29, 1.82) is 0 Å². The highest BCUT2D eigenvalue weighted by molar-refractivity contribution is 5.93. The molecule has 2 amide bonds. The first-order chi connectivity index (χ1) is 12.8. The van der Waals surface area contributed by atoms with Crippen LogP contribution in [0.5, 0.6) is 0 Å². The van der Waals surface area contributed by atoms with Crippen molar-refractivity contribution in [1.82, 2.24) is 19.6 Å². The Bertz CT molecular complexity index is 909. The number of fused-ring (bicyclic) bond motifs is 1. The standard InChI is InChI=1S/C20H23FN4O2/c1-12-7-18(23(3)22-12)20(27)24-9-15-10-25(13(2)26)19(17(15)11-24)14-5-4-6-16(21)8-14/h4-8,15,17,19H,9-11H2,1-3H3/t15-,17-,19+/m1/s1. The minimum atomic E-state index is -0.309. The van der Waals surface area contributed by atoms with Gasteiger partial charge in [-0.2, -0.15) is 5.10 Å². The van der Waals surface area contributed by atoms with Crippen LogP contribution >= 0.6 is 0 Å². The Labute approximate surface area is 157 Å². The number of hydrogen-bond donors (Lipinski definition) is 0. The average molecular weight is 370 g/mol. The van der Waals surface area contributed by atoms with Gasteiger partial charge in [-0.3, -0.25) is 14.3 Å². The molecule has 0 N–H and O–H groups in total. The summed E-state index contributed by atoms with van der Waals surface area (Å²) < 4.78 is 15.4. The van der Waals surface area contributed by atoms with Gasteiger partial charge in [-0.25, -0.2) is 4.39 Å². The van der Waals surface area contributed by atoms with Crippen LogP contribution in [-0.4, -0.2) is 51.0 Å². The van der Waals surface area contributed by atoms with E-state index in [0.29, 0.717) is 25.3 Å². The van der Waals surface area contributed by atoms with Gasteiger partial charge in [0.2, 0.25) is 5.91 Å². The lowest BCUT2D eigenvalue weighted by Gasteiger charge is -2.29. The van der Waals surface area contributed by atoms with Crippen LogP contribution in [0, 0.1) is 24.6 Å². The molecule has 142 valence electrons. The van der Waals surface area contributed by atoms with Crippen molar-refractivity contribution in [2.45, 2.75) is 19.9 Å². The number of carbonyl (C=O) groups is 2. The summed E-state index contributed by atoms with van der Waals surface area (Å²) in [5, 5.41) is 4.26. The Balaban J connectivity index is 1.61. The zero-order valence-electron chi connectivity index (χ0n) is 15.7. The van der Waals surface area contributed by atoms with Crippen molar-refractivity contribution in [3.05, 3.63) is 53.1 Å². The van der Waals surface area contributed by atoms with E-state index >= 15 is 0 Å². The molecule has 0 radical (unpaired) electrons. The molecule has 3 heterocycles. The van der Waals surface area contributed by atoms with Crippen LogP contribution in [0.15, 0.2) is 30.3 Å². The van der Waals surface area contributed by atoms with Crippen LogP contribution in [0.25, 0.3) is 0 Å². The van der Waals surface area contributed by atoms with Gasteiger partial charge < -0.3 is 9.80 Å². The van der Waals surface area contributed by atoms with Gasteiger partial charge in [0.05, 0.1) is 11.7 Å². The molecule has 1 aromatic heterocycles. The SMILES string of the molecule is CC(=O)N1C[C@H]2CN(C(=O)c3cc(C)nn3C)C[C@H]2[C@@H]1c1cccc(F)c1. The molecule has 0 unspecified atom stereocenters. The van der Waals surface area contributed by atoms with Gasteiger partial charge in [0.1, 0.15) is 11.5 Å². The first kappa shape index (κ1) is 17.7. The van der Waals surface area contributed by atoms with E-state index in [4.69, 9.17) is 0 Å². The summed E-state index contributed by atoms with van der Waals surface area (Å²) in [4.78, 5) is 28.8. The van der Waals surface area contributed by atoms with Crippen LogP contribution in [0.2, 0.25) is 0 Å². The topological polar surface area (TPSA) is 58.4 Å². The minimum Gasteiger partial charge on any atom is -0.337 e. The van der Waals surface area contributed by atoms with Crippen molar-refractivity contribution in [3.8, 4) is 0 Å². The minimum absolute atomic E-state index is 0.0150. The summed E-state index contributed by atoms with van der Waals surface area (Å²) in [6, 6.07) is 8.03. The monoisotopic (exact) mass is 370 g/mol. The lowest BCUT2D eigenvalue weighted by molar-refractivity contribution is -0.130. The van der Waals surface area contributed by atoms with Gasteiger partial charge in [-0.05, 0) is 30.7 Å². The van der Waals surface area contributed by atoms with E-state index < -0.39 is 0 Å². The molecule has 4 rings (SSSR count). The Morgan fingerprint density at radius 3 is 2.59 bits per heavy atom. The van der Waals surface area contributed by atoms with Crippen LogP contribution in [0.4, 0.5) is 4.39 Å². The molecule has 0 saturated carbocycles. The molecular weight excluding hydrogens is 347 g/mol. The van der Waals surface area contributed by atoms with Gasteiger partial charge in [0.25, 0.3) is 5.91 Å². The maximum atomic E-state index is 13.8. The number of aromatic nitrogens is 2. The summed E-state index contributed by atoms with van der Waals surface area (Å²) >= 11 is 0. The second-order valence-corrected chi connectivity index (χ2v) is 7.60. The van der Waals surface area contributed by atoms with Crippen LogP contribution in [0.3, 0.4) is 0 Å². The largest absolute Gasteiger partial charge is 0.337 e. The van der Waals surface area contributed by atoms with Crippen LogP contribution in [-0.2, 0) is 11.8 Å². The molecule has 2 fully saturated rings. The van der Waals surface area contributed by atoms with E-state index in [9.17, 15) is 14.0 Å². The van der Waals surface area contributed by atoms with Crippen LogP contribution < -0.4 is 0 Å². The van der Waals surface area contributed by atoms with Crippen molar-refractivity contribution in [2.24, 2.45) is 18.9 Å². The molecule has 1 aromatic carbocycles. The van der Waals surface area contributed by atoms with Crippen molar-refractivity contribution in [3.63, 3.8) is 0 Å². The fraction of sp³-hybridized carbons (Fsp3) is 0.450. The first-order valence-electron chi connectivity index (χ1n) is 9.17. The van der Waals surface area contributed by atoms with Crippen molar-refractivity contribution in [2.75, 3.05) is 19.6 Å². The summed E-state index contributed by atoms with van der Waals surface area (Å²) in [5.41, 5.74) is 2.17. The third-order valence-electron chi connectivity index (χ3n) is 5.77. The summed E-state index contributed by atoms with van der Waals surface area (Å²) in [5.74, 6) is -0.0659. The molecule has 2 aliphatic rings. The Hall–Kier alpha value is -2.70. The third-order valence-corrected chi connectivity index (χ3v) is 5.77. The fourth-order valence-electron chi connectivity index (χ4n) is 4.63. The number of likely N-dealkylation sites (tertiary alicyclic amines) is 2. The van der Waals surface area contributed by atoms with E-state index in [-0.39, 0.29) is 35.5 Å². The number of aryl methyl sites for hydroxylation is 2. The molecule has 7 heteroatoms. The van der Waals surface area contributed by atoms with E-state index in [1.54, 1.807) is 30.8 Å². The van der Waals surface area contributed by atoms with E-state index in [1.807, 2.05) is 22.8 Å². The van der Waals surface area contributed by atoms with E-state index in [1.165, 1.54) is 12.1 Å². The molecule has 6 nitrogen and oxygen atoms in total. The Morgan fingerprint density at radius 2 is 1.96 bits per heavy atom. The van der Waals surface area contributed by atoms with E-state index in [2.05, 4.69) is 5.10 Å². The lowest BCUT2D eigenvalue weighted by Crippen LogP contribution is -2.37. The average Bonchev–Trinajstić information content (AvgIpc) is 3.25. The number of rotatable bonds is 2. The van der Waals surface area contributed by atoms with Gasteiger partial charge in [0, 0.05) is 45.4 Å². The molecule has 0 bridgehead atoms. The molecule has 0 spiro atoms. The molecule has 27 heavy (non-hydrogen) atoms. The molecule has 0 aliphatic carbocycles. The predicted molar refractivity (Wildman–Crippen MR) is 97.4 cm³/mol. The van der Waals surface area contributed by atoms with Gasteiger partial charge in [-0.1, -0.05) is 12.1 Å². The maximum absolute atomic E-state index is 13.8. The van der Waals surface area contributed by atoms with Gasteiger partial charge in [0.15, 0.2) is 0 Å². The Morgan fingerprint density at radius 1 is 1.19 bits per heavy atom. The third kappa shape index (κ3) is 3.01. The normalized spacial score (nSPS) is 24.4. The number of hydrogen-bond acceptors (Lipinski definition) is 3. The molecule has 2 saturated heterocycles. The quantitative estimate of drug-likeness (QED) is 0.814. The van der Waals surface area contributed by atoms with Crippen molar-refractivity contribution >= 4 is 11.8 Å². The number of benzene rings is 1. The maximum Gasteiger partial charge on any atom is 0.272 e. The number of halogens is 1. The van der Waals surface area contributed by atoms with Crippen LogP contribution in [0.1, 0.15) is 34.7 Å². The molecule has 2 aromatic rings. The summed E-state index contributed by atoms with van der Waals surface area (Å²) in [6.45, 7) is 5.16. The fourth-order valence-corrected chi connectivity index (χ4v) is 4.63. The number of carbonyl (C=O) groups excluding carboxylic acids is 2. The number of amides is 2. The second-order valence-electron chi connectivity index (χ2n) is 7.60. The highest BCUT2D eigenvalue weighted by atomic mass is 19.1. The van der Waals surface area contributed by atoms with Gasteiger partial charge in [-0.15, -0.1) is 0 Å². The zero-order chi connectivity index (χ0) is 19.3. The van der Waals surface area contributed by atoms with E-state index in [0.717, 1.165) is 11.3 Å². The summed E-state index contributed by atoms with van der Waals surface area (Å²) in [7, 11) is 1.77. The summed E-state index contributed by atoms with van der Waals surface area (Å²) in [6.07, 6.45) is 0. The zero-order valence-corrected chi connectivity index (χ0v) is 15.7. The predicted octanol–water partition coefficient (Wildman–Crippen LogP) is 2.16. The van der Waals surface area contributed by atoms with Crippen molar-refractivity contribution < 1.29 is 14.0 Å². The van der Waals surface area contributed by atoms with Gasteiger partial charge >= 0.3 is 0 Å². The molecule has 3 atom stereocenters. The highest BCUT2D eigenvalue weighted by Crippen LogP contribution is 2.45. The first-order valence-corrected chi connectivity index (χ1v) is 9.17. The number of nitrogens with zero attached hydrogens (tertiary/aromatic N) is 4. The highest BCUT2D eigenvalue weighted by Gasteiger charge is 2.49. The lowest BCUT2D eigenvalue weighted by atomic mass is 9.89. The molecule has 2 aliphatic heterocycles. The molecular formula is C20H23FN4O2.